The van der Waals surface area contributed by atoms with Gasteiger partial charge in [-0.15, -0.1) is 0 Å². The Labute approximate surface area is 108 Å². The average Bonchev–Trinajstić information content (AvgIpc) is 3.18. The fraction of sp³-hybridized carbons (Fsp3) is 0.571. The van der Waals surface area contributed by atoms with Crippen molar-refractivity contribution in [2.75, 3.05) is 20.8 Å². The van der Waals surface area contributed by atoms with Crippen molar-refractivity contribution in [2.24, 2.45) is 16.9 Å². The zero-order chi connectivity index (χ0) is 13.3. The fourth-order valence-corrected chi connectivity index (χ4v) is 2.46. The van der Waals surface area contributed by atoms with Crippen LogP contribution in [0.5, 0.6) is 11.5 Å². The van der Waals surface area contributed by atoms with E-state index < -0.39 is 0 Å². The average molecular weight is 250 g/mol. The summed E-state index contributed by atoms with van der Waals surface area (Å²) < 4.78 is 10.6. The molecular formula is C14H22N2O2. The maximum absolute atomic E-state index is 6.39. The molecule has 0 saturated heterocycles. The Balaban J connectivity index is 2.39. The van der Waals surface area contributed by atoms with Gasteiger partial charge < -0.3 is 20.9 Å². The second-order valence-electron chi connectivity index (χ2n) is 5.11. The minimum atomic E-state index is -0.0256. The van der Waals surface area contributed by atoms with Crippen LogP contribution in [0.25, 0.3) is 0 Å². The first-order valence-electron chi connectivity index (χ1n) is 6.26. The highest BCUT2D eigenvalue weighted by atomic mass is 16.5. The van der Waals surface area contributed by atoms with Gasteiger partial charge in [0.1, 0.15) is 0 Å². The molecule has 0 aliphatic heterocycles. The van der Waals surface area contributed by atoms with Gasteiger partial charge in [-0.1, -0.05) is 0 Å². The van der Waals surface area contributed by atoms with E-state index in [0.29, 0.717) is 6.54 Å². The van der Waals surface area contributed by atoms with Crippen LogP contribution in [0.2, 0.25) is 0 Å². The Kier molecular flexibility index (Phi) is 3.50. The van der Waals surface area contributed by atoms with E-state index in [1.54, 1.807) is 14.2 Å². The lowest BCUT2D eigenvalue weighted by Gasteiger charge is -2.24. The molecule has 1 unspecified atom stereocenters. The highest BCUT2D eigenvalue weighted by Crippen LogP contribution is 2.54. The number of benzene rings is 1. The van der Waals surface area contributed by atoms with E-state index >= 15 is 0 Å². The van der Waals surface area contributed by atoms with Crippen molar-refractivity contribution in [3.05, 3.63) is 23.3 Å². The Hall–Kier alpha value is -1.26. The molecule has 0 spiro atoms. The van der Waals surface area contributed by atoms with Gasteiger partial charge in [-0.05, 0) is 49.6 Å². The Bertz CT molecular complexity index is 442. The maximum Gasteiger partial charge on any atom is 0.161 e. The van der Waals surface area contributed by atoms with Gasteiger partial charge in [0.15, 0.2) is 11.5 Å². The van der Waals surface area contributed by atoms with Crippen molar-refractivity contribution in [1.29, 1.82) is 0 Å². The van der Waals surface area contributed by atoms with Crippen LogP contribution in [0, 0.1) is 12.3 Å². The monoisotopic (exact) mass is 250 g/mol. The van der Waals surface area contributed by atoms with Crippen molar-refractivity contribution in [3.63, 3.8) is 0 Å². The number of aryl methyl sites for hydroxylation is 1. The highest BCUT2D eigenvalue weighted by Gasteiger charge is 2.47. The summed E-state index contributed by atoms with van der Waals surface area (Å²) in [5.41, 5.74) is 14.6. The van der Waals surface area contributed by atoms with Gasteiger partial charge in [-0.25, -0.2) is 0 Å². The van der Waals surface area contributed by atoms with Crippen LogP contribution >= 0.6 is 0 Å². The molecule has 0 aromatic heterocycles. The molecule has 4 N–H and O–H groups in total. The molecule has 4 nitrogen and oxygen atoms in total. The van der Waals surface area contributed by atoms with Gasteiger partial charge in [0.05, 0.1) is 14.2 Å². The molecule has 1 aromatic rings. The molecule has 0 radical (unpaired) electrons. The highest BCUT2D eigenvalue weighted by molar-refractivity contribution is 5.48. The van der Waals surface area contributed by atoms with Gasteiger partial charge in [0.25, 0.3) is 0 Å². The third-order valence-corrected chi connectivity index (χ3v) is 4.07. The van der Waals surface area contributed by atoms with Crippen LogP contribution < -0.4 is 20.9 Å². The number of hydrogen-bond acceptors (Lipinski definition) is 4. The molecule has 1 aliphatic rings. The Morgan fingerprint density at radius 1 is 1.22 bits per heavy atom. The predicted molar refractivity (Wildman–Crippen MR) is 71.9 cm³/mol. The van der Waals surface area contributed by atoms with Crippen molar-refractivity contribution in [1.82, 2.24) is 0 Å². The zero-order valence-corrected chi connectivity index (χ0v) is 11.3. The van der Waals surface area contributed by atoms with E-state index in [0.717, 1.165) is 35.5 Å². The lowest BCUT2D eigenvalue weighted by Crippen LogP contribution is -2.30. The Morgan fingerprint density at radius 3 is 2.22 bits per heavy atom. The first kappa shape index (κ1) is 13.2. The summed E-state index contributed by atoms with van der Waals surface area (Å²) in [5, 5.41) is 0. The summed E-state index contributed by atoms with van der Waals surface area (Å²) in [7, 11) is 3.28. The lowest BCUT2D eigenvalue weighted by molar-refractivity contribution is 0.351. The van der Waals surface area contributed by atoms with Gasteiger partial charge in [0, 0.05) is 11.5 Å². The summed E-state index contributed by atoms with van der Waals surface area (Å²) >= 11 is 0. The van der Waals surface area contributed by atoms with E-state index in [1.807, 2.05) is 19.1 Å². The molecule has 1 aliphatic carbocycles. The van der Waals surface area contributed by atoms with Crippen LogP contribution in [0.4, 0.5) is 0 Å². The maximum atomic E-state index is 6.39. The van der Waals surface area contributed by atoms with Crippen molar-refractivity contribution in [3.8, 4) is 11.5 Å². The molecule has 0 heterocycles. The smallest absolute Gasteiger partial charge is 0.161 e. The quantitative estimate of drug-likeness (QED) is 0.835. The van der Waals surface area contributed by atoms with Gasteiger partial charge >= 0.3 is 0 Å². The topological polar surface area (TPSA) is 70.5 Å². The molecule has 0 bridgehead atoms. The number of ether oxygens (including phenoxy) is 2. The molecule has 100 valence electrons. The summed E-state index contributed by atoms with van der Waals surface area (Å²) in [6.45, 7) is 2.69. The van der Waals surface area contributed by atoms with E-state index in [1.165, 1.54) is 0 Å². The largest absolute Gasteiger partial charge is 0.493 e. The summed E-state index contributed by atoms with van der Waals surface area (Å²) in [6, 6.07) is 3.93. The minimum Gasteiger partial charge on any atom is -0.493 e. The summed E-state index contributed by atoms with van der Waals surface area (Å²) in [5.74, 6) is 1.46. The van der Waals surface area contributed by atoms with Crippen LogP contribution in [0.15, 0.2) is 12.1 Å². The molecule has 18 heavy (non-hydrogen) atoms. The number of methoxy groups -OCH3 is 2. The molecule has 1 fully saturated rings. The zero-order valence-electron chi connectivity index (χ0n) is 11.3. The predicted octanol–water partition coefficient (Wildman–Crippen LogP) is 1.75. The standard InChI is InChI=1S/C14H22N2O2/c1-9-6-11(17-2)12(18-3)7-10(9)13(16)14(8-15)4-5-14/h6-7,13H,4-5,8,15-16H2,1-3H3. The van der Waals surface area contributed by atoms with Crippen molar-refractivity contribution >= 4 is 0 Å². The van der Waals surface area contributed by atoms with Gasteiger partial charge in [0.2, 0.25) is 0 Å². The van der Waals surface area contributed by atoms with Crippen molar-refractivity contribution in [2.45, 2.75) is 25.8 Å². The van der Waals surface area contributed by atoms with Crippen LogP contribution in [0.1, 0.15) is 30.0 Å². The molecule has 4 heteroatoms. The third-order valence-electron chi connectivity index (χ3n) is 4.07. The first-order valence-corrected chi connectivity index (χ1v) is 6.26. The molecule has 2 rings (SSSR count). The van der Waals surface area contributed by atoms with E-state index in [2.05, 4.69) is 0 Å². The number of nitrogens with two attached hydrogens (primary N) is 2. The molecule has 1 aromatic carbocycles. The molecule has 1 saturated carbocycles. The number of rotatable bonds is 5. The van der Waals surface area contributed by atoms with Gasteiger partial charge in [-0.2, -0.15) is 0 Å². The van der Waals surface area contributed by atoms with E-state index in [9.17, 15) is 0 Å². The third kappa shape index (κ3) is 2.06. The lowest BCUT2D eigenvalue weighted by atomic mass is 9.88. The van der Waals surface area contributed by atoms with E-state index in [4.69, 9.17) is 20.9 Å². The van der Waals surface area contributed by atoms with Gasteiger partial charge in [-0.3, -0.25) is 0 Å². The second kappa shape index (κ2) is 4.78. The summed E-state index contributed by atoms with van der Waals surface area (Å²) in [4.78, 5) is 0. The SMILES string of the molecule is COc1cc(C)c(C(N)C2(CN)CC2)cc1OC. The molecule has 0 amide bonds. The number of hydrogen-bond donors (Lipinski definition) is 2. The van der Waals surface area contributed by atoms with Crippen LogP contribution in [-0.4, -0.2) is 20.8 Å². The molecular weight excluding hydrogens is 228 g/mol. The van der Waals surface area contributed by atoms with Crippen LogP contribution in [0.3, 0.4) is 0 Å². The second-order valence-corrected chi connectivity index (χ2v) is 5.11. The Morgan fingerprint density at radius 2 is 1.78 bits per heavy atom. The summed E-state index contributed by atoms with van der Waals surface area (Å²) in [6.07, 6.45) is 2.22. The van der Waals surface area contributed by atoms with Crippen LogP contribution in [-0.2, 0) is 0 Å². The first-order chi connectivity index (χ1) is 8.57. The van der Waals surface area contributed by atoms with E-state index in [-0.39, 0.29) is 11.5 Å². The fourth-order valence-electron chi connectivity index (χ4n) is 2.46. The van der Waals surface area contributed by atoms with Crippen molar-refractivity contribution < 1.29 is 9.47 Å². The molecule has 1 atom stereocenters. The normalized spacial score (nSPS) is 18.3. The minimum absolute atomic E-state index is 0.0256.